The molecule has 2 fully saturated rings. The monoisotopic (exact) mass is 408 g/mol. The highest BCUT2D eigenvalue weighted by Crippen LogP contribution is 2.31. The predicted molar refractivity (Wildman–Crippen MR) is 105 cm³/mol. The number of thioether (sulfide) groups is 1. The van der Waals surface area contributed by atoms with Crippen LogP contribution in [-0.4, -0.2) is 57.1 Å². The van der Waals surface area contributed by atoms with Crippen molar-refractivity contribution >= 4 is 40.0 Å². The first-order valence-electron chi connectivity index (χ1n) is 8.85. The van der Waals surface area contributed by atoms with E-state index in [1.807, 2.05) is 11.8 Å². The second-order valence-electron chi connectivity index (χ2n) is 6.28. The molecular weight excluding hydrogens is 388 g/mol. The summed E-state index contributed by atoms with van der Waals surface area (Å²) in [5.41, 5.74) is -0.308. The van der Waals surface area contributed by atoms with E-state index in [2.05, 4.69) is 25.5 Å². The maximum atomic E-state index is 12.3. The fourth-order valence-electron chi connectivity index (χ4n) is 2.99. The van der Waals surface area contributed by atoms with E-state index in [9.17, 15) is 9.59 Å². The van der Waals surface area contributed by atoms with Gasteiger partial charge in [-0.25, -0.2) is 4.68 Å². The lowest BCUT2D eigenvalue weighted by atomic mass is 10.2. The van der Waals surface area contributed by atoms with Crippen LogP contribution in [0.4, 0.5) is 10.9 Å². The molecule has 1 amide bonds. The molecule has 0 spiro atoms. The number of rotatable bonds is 5. The summed E-state index contributed by atoms with van der Waals surface area (Å²) in [4.78, 5) is 26.5. The first kappa shape index (κ1) is 18.4. The van der Waals surface area contributed by atoms with E-state index in [1.165, 1.54) is 22.1 Å². The molecule has 0 aliphatic carbocycles. The van der Waals surface area contributed by atoms with Gasteiger partial charge in [-0.3, -0.25) is 14.9 Å². The summed E-state index contributed by atoms with van der Waals surface area (Å²) in [6, 6.07) is 3.17. The van der Waals surface area contributed by atoms with Crippen molar-refractivity contribution in [1.29, 1.82) is 0 Å². The van der Waals surface area contributed by atoms with Gasteiger partial charge in [-0.05, 0) is 18.9 Å². The van der Waals surface area contributed by atoms with Gasteiger partial charge in [-0.1, -0.05) is 11.3 Å². The molecule has 2 aromatic rings. The highest BCUT2D eigenvalue weighted by atomic mass is 32.2. The van der Waals surface area contributed by atoms with Gasteiger partial charge >= 0.3 is 0 Å². The van der Waals surface area contributed by atoms with Crippen LogP contribution in [0.15, 0.2) is 16.9 Å². The van der Waals surface area contributed by atoms with Crippen molar-refractivity contribution in [2.24, 2.45) is 0 Å². The molecule has 27 heavy (non-hydrogen) atoms. The van der Waals surface area contributed by atoms with E-state index in [-0.39, 0.29) is 24.1 Å². The zero-order valence-electron chi connectivity index (χ0n) is 14.7. The number of aromatic nitrogens is 4. The molecule has 144 valence electrons. The third kappa shape index (κ3) is 4.47. The molecule has 11 heteroatoms. The van der Waals surface area contributed by atoms with E-state index in [1.54, 1.807) is 6.07 Å². The van der Waals surface area contributed by atoms with Gasteiger partial charge in [0.1, 0.15) is 23.5 Å². The number of hydrogen-bond donors (Lipinski definition) is 1. The van der Waals surface area contributed by atoms with Crippen LogP contribution in [0, 0.1) is 0 Å². The van der Waals surface area contributed by atoms with Gasteiger partial charge in [-0.2, -0.15) is 16.9 Å². The second-order valence-corrected chi connectivity index (χ2v) is 8.52. The fraction of sp³-hybridized carbons (Fsp3) is 0.562. The molecule has 0 aromatic carbocycles. The van der Waals surface area contributed by atoms with Gasteiger partial charge in [-0.15, -0.1) is 10.2 Å². The minimum absolute atomic E-state index is 0.0307. The molecule has 2 saturated heterocycles. The molecule has 1 N–H and O–H groups in total. The Morgan fingerprint density at radius 2 is 2.15 bits per heavy atom. The Bertz CT molecular complexity index is 858. The van der Waals surface area contributed by atoms with Crippen molar-refractivity contribution in [3.8, 4) is 0 Å². The summed E-state index contributed by atoms with van der Waals surface area (Å²) in [6.07, 6.45) is 1.90. The average molecular weight is 409 g/mol. The van der Waals surface area contributed by atoms with Crippen LogP contribution >= 0.6 is 23.1 Å². The molecule has 2 aliphatic rings. The molecule has 1 atom stereocenters. The Labute approximate surface area is 164 Å². The Morgan fingerprint density at radius 1 is 1.30 bits per heavy atom. The number of nitrogens with zero attached hydrogens (tertiary/aromatic N) is 5. The molecule has 2 aliphatic heterocycles. The normalized spacial score (nSPS) is 20.0. The molecule has 0 radical (unpaired) electrons. The summed E-state index contributed by atoms with van der Waals surface area (Å²) in [5, 5.41) is 16.3. The smallest absolute Gasteiger partial charge is 0.267 e. The molecule has 9 nitrogen and oxygen atoms in total. The Balaban J connectivity index is 1.41. The van der Waals surface area contributed by atoms with Gasteiger partial charge in [0.25, 0.3) is 5.56 Å². The first-order valence-corrected chi connectivity index (χ1v) is 10.8. The number of amides is 1. The minimum Gasteiger partial charge on any atom is -0.371 e. The summed E-state index contributed by atoms with van der Waals surface area (Å²) in [6.45, 7) is 2.34. The highest BCUT2D eigenvalue weighted by Gasteiger charge is 2.22. The van der Waals surface area contributed by atoms with Gasteiger partial charge in [0.15, 0.2) is 0 Å². The lowest BCUT2D eigenvalue weighted by molar-refractivity contribution is -0.117. The number of carbonyl (C=O) groups excluding carboxylic acids is 1. The number of hydrogen-bond acceptors (Lipinski definition) is 9. The predicted octanol–water partition coefficient (Wildman–Crippen LogP) is 1.14. The summed E-state index contributed by atoms with van der Waals surface area (Å²) >= 11 is 3.20. The van der Waals surface area contributed by atoms with E-state index in [0.29, 0.717) is 5.13 Å². The van der Waals surface area contributed by atoms with Gasteiger partial charge in [0.05, 0.1) is 0 Å². The van der Waals surface area contributed by atoms with Crippen molar-refractivity contribution in [3.63, 3.8) is 0 Å². The molecule has 1 unspecified atom stereocenters. The first-order chi connectivity index (χ1) is 13.2. The maximum absolute atomic E-state index is 12.3. The van der Waals surface area contributed by atoms with Crippen LogP contribution < -0.4 is 15.8 Å². The molecule has 4 heterocycles. The molecule has 0 saturated carbocycles. The zero-order valence-corrected chi connectivity index (χ0v) is 16.3. The lowest BCUT2D eigenvalue weighted by Crippen LogP contribution is -2.36. The van der Waals surface area contributed by atoms with Crippen molar-refractivity contribution < 1.29 is 9.53 Å². The largest absolute Gasteiger partial charge is 0.371 e. The molecule has 0 bridgehead atoms. The standard InChI is InChI=1S/C16H20N6O3S2/c23-13(17-16-19-18-15(27-16)11-2-1-7-25-11)10-22-14(24)4-3-12(20-22)21-5-8-26-9-6-21/h3-4,11H,1-2,5-10H2,(H,17,19,23). The van der Waals surface area contributed by atoms with E-state index in [4.69, 9.17) is 4.74 Å². The Kier molecular flexibility index (Phi) is 5.69. The van der Waals surface area contributed by atoms with Gasteiger partial charge in [0.2, 0.25) is 11.0 Å². The van der Waals surface area contributed by atoms with Crippen molar-refractivity contribution in [1.82, 2.24) is 20.0 Å². The SMILES string of the molecule is O=C(Cn1nc(N2CCSCC2)ccc1=O)Nc1nnc(C2CCCO2)s1. The van der Waals surface area contributed by atoms with Crippen LogP contribution in [0.25, 0.3) is 0 Å². The van der Waals surface area contributed by atoms with Crippen molar-refractivity contribution in [2.45, 2.75) is 25.5 Å². The molecular formula is C16H20N6O3S2. The average Bonchev–Trinajstić information content (AvgIpc) is 3.36. The van der Waals surface area contributed by atoms with Gasteiger partial charge < -0.3 is 9.64 Å². The highest BCUT2D eigenvalue weighted by molar-refractivity contribution is 7.99. The molecule has 2 aromatic heterocycles. The Morgan fingerprint density at radius 3 is 2.93 bits per heavy atom. The lowest BCUT2D eigenvalue weighted by Gasteiger charge is -2.27. The van der Waals surface area contributed by atoms with Crippen LogP contribution in [0.5, 0.6) is 0 Å². The number of anilines is 2. The fourth-order valence-corrected chi connectivity index (χ4v) is 4.74. The zero-order chi connectivity index (χ0) is 18.6. The summed E-state index contributed by atoms with van der Waals surface area (Å²) < 4.78 is 6.76. The van der Waals surface area contributed by atoms with Crippen molar-refractivity contribution in [3.05, 3.63) is 27.5 Å². The van der Waals surface area contributed by atoms with Crippen molar-refractivity contribution in [2.75, 3.05) is 41.4 Å². The summed E-state index contributed by atoms with van der Waals surface area (Å²) in [5.74, 6) is 2.43. The third-order valence-electron chi connectivity index (χ3n) is 4.37. The second kappa shape index (κ2) is 8.36. The number of carbonyl (C=O) groups is 1. The van der Waals surface area contributed by atoms with Crippen LogP contribution in [0.2, 0.25) is 0 Å². The van der Waals surface area contributed by atoms with E-state index in [0.717, 1.165) is 54.9 Å². The number of ether oxygens (including phenoxy) is 1. The minimum atomic E-state index is -0.356. The van der Waals surface area contributed by atoms with Gasteiger partial charge in [0, 0.05) is 37.3 Å². The van der Waals surface area contributed by atoms with Crippen LogP contribution in [-0.2, 0) is 16.1 Å². The van der Waals surface area contributed by atoms with Crippen LogP contribution in [0.3, 0.4) is 0 Å². The van der Waals surface area contributed by atoms with E-state index < -0.39 is 0 Å². The van der Waals surface area contributed by atoms with E-state index >= 15 is 0 Å². The quantitative estimate of drug-likeness (QED) is 0.786. The number of nitrogens with one attached hydrogen (secondary N) is 1. The summed E-state index contributed by atoms with van der Waals surface area (Å²) in [7, 11) is 0. The topological polar surface area (TPSA) is 102 Å². The molecule has 4 rings (SSSR count). The third-order valence-corrected chi connectivity index (χ3v) is 6.25. The maximum Gasteiger partial charge on any atom is 0.267 e. The Hall–Kier alpha value is -1.98. The van der Waals surface area contributed by atoms with Crippen LogP contribution in [0.1, 0.15) is 24.0 Å².